The summed E-state index contributed by atoms with van der Waals surface area (Å²) in [5.41, 5.74) is 1.21. The van der Waals surface area contributed by atoms with Gasteiger partial charge in [0.2, 0.25) is 0 Å². The van der Waals surface area contributed by atoms with Gasteiger partial charge in [0.25, 0.3) is 0 Å². The van der Waals surface area contributed by atoms with Crippen LogP contribution in [-0.4, -0.2) is 24.3 Å². The van der Waals surface area contributed by atoms with Gasteiger partial charge in [-0.1, -0.05) is 44.2 Å². The molecular formula is C15H22O3. The van der Waals surface area contributed by atoms with Crippen LogP contribution < -0.4 is 0 Å². The Morgan fingerprint density at radius 1 is 1.28 bits per heavy atom. The van der Waals surface area contributed by atoms with Gasteiger partial charge in [-0.25, -0.2) is 0 Å². The molecule has 0 radical (unpaired) electrons. The minimum atomic E-state index is -0.487. The van der Waals surface area contributed by atoms with Crippen LogP contribution >= 0.6 is 0 Å². The largest absolute Gasteiger partial charge is 0.469 e. The maximum absolute atomic E-state index is 11.1. The number of rotatable bonds is 6. The fourth-order valence-corrected chi connectivity index (χ4v) is 1.99. The number of benzene rings is 1. The quantitative estimate of drug-likeness (QED) is 0.790. The van der Waals surface area contributed by atoms with E-state index in [2.05, 4.69) is 23.8 Å². The highest BCUT2D eigenvalue weighted by Gasteiger charge is 2.20. The molecule has 0 aliphatic carbocycles. The minimum Gasteiger partial charge on any atom is -0.469 e. The lowest BCUT2D eigenvalue weighted by atomic mass is 9.89. The molecule has 0 aliphatic heterocycles. The molecule has 0 fully saturated rings. The zero-order valence-corrected chi connectivity index (χ0v) is 11.3. The van der Waals surface area contributed by atoms with Crippen molar-refractivity contribution in [2.45, 2.75) is 38.7 Å². The number of methoxy groups -OCH3 is 1. The van der Waals surface area contributed by atoms with Crippen molar-refractivity contribution in [2.24, 2.45) is 5.92 Å². The maximum Gasteiger partial charge on any atom is 0.305 e. The van der Waals surface area contributed by atoms with Crippen LogP contribution in [0.1, 0.15) is 38.2 Å². The maximum atomic E-state index is 11.1. The molecular weight excluding hydrogens is 228 g/mol. The Kier molecular flexibility index (Phi) is 5.86. The summed E-state index contributed by atoms with van der Waals surface area (Å²) in [5.74, 6) is -0.0705. The number of carbonyl (C=O) groups excluding carboxylic acids is 1. The molecule has 0 saturated carbocycles. The van der Waals surface area contributed by atoms with Crippen LogP contribution in [-0.2, 0) is 9.53 Å². The van der Waals surface area contributed by atoms with Gasteiger partial charge < -0.3 is 9.84 Å². The Morgan fingerprint density at radius 2 is 1.89 bits per heavy atom. The zero-order valence-electron chi connectivity index (χ0n) is 11.3. The van der Waals surface area contributed by atoms with Crippen LogP contribution in [0.3, 0.4) is 0 Å². The van der Waals surface area contributed by atoms with Gasteiger partial charge >= 0.3 is 5.97 Å². The predicted octanol–water partition coefficient (Wildman–Crippen LogP) is 2.74. The second kappa shape index (κ2) is 7.17. The average Bonchev–Trinajstić information content (AvgIpc) is 2.39. The summed E-state index contributed by atoms with van der Waals surface area (Å²) in [5, 5.41) is 10.1. The van der Waals surface area contributed by atoms with E-state index in [1.165, 1.54) is 12.7 Å². The lowest BCUT2D eigenvalue weighted by Crippen LogP contribution is -2.23. The molecule has 1 aromatic carbocycles. The molecule has 3 unspecified atom stereocenters. The molecule has 0 spiro atoms. The molecule has 18 heavy (non-hydrogen) atoms. The SMILES string of the molecule is COC(=O)CC(C)C(O)CC(C)c1ccccc1. The molecule has 1 rings (SSSR count). The molecule has 3 nitrogen and oxygen atoms in total. The summed E-state index contributed by atoms with van der Waals surface area (Å²) < 4.78 is 4.61. The van der Waals surface area contributed by atoms with E-state index < -0.39 is 6.10 Å². The van der Waals surface area contributed by atoms with Gasteiger partial charge in [-0.15, -0.1) is 0 Å². The van der Waals surface area contributed by atoms with Gasteiger partial charge in [-0.3, -0.25) is 4.79 Å². The highest BCUT2D eigenvalue weighted by molar-refractivity contribution is 5.69. The first-order valence-corrected chi connectivity index (χ1v) is 6.34. The van der Waals surface area contributed by atoms with E-state index in [1.54, 1.807) is 0 Å². The van der Waals surface area contributed by atoms with Crippen molar-refractivity contribution in [3.8, 4) is 0 Å². The summed E-state index contributed by atoms with van der Waals surface area (Å²) in [4.78, 5) is 11.1. The fourth-order valence-electron chi connectivity index (χ4n) is 1.99. The molecule has 0 aliphatic rings. The van der Waals surface area contributed by atoms with Crippen LogP contribution in [0.25, 0.3) is 0 Å². The third kappa shape index (κ3) is 4.49. The van der Waals surface area contributed by atoms with Crippen LogP contribution in [0.2, 0.25) is 0 Å². The van der Waals surface area contributed by atoms with Gasteiger partial charge in [0.05, 0.1) is 19.6 Å². The Bertz CT molecular complexity index is 361. The van der Waals surface area contributed by atoms with Crippen molar-refractivity contribution in [1.82, 2.24) is 0 Å². The number of hydrogen-bond donors (Lipinski definition) is 1. The van der Waals surface area contributed by atoms with Gasteiger partial charge in [-0.05, 0) is 23.8 Å². The molecule has 3 heteroatoms. The number of carbonyl (C=O) groups is 1. The molecule has 1 aromatic rings. The summed E-state index contributed by atoms with van der Waals surface area (Å²) >= 11 is 0. The first kappa shape index (κ1) is 14.7. The van der Waals surface area contributed by atoms with Crippen molar-refractivity contribution in [3.05, 3.63) is 35.9 Å². The van der Waals surface area contributed by atoms with Gasteiger partial charge in [0.15, 0.2) is 0 Å². The van der Waals surface area contributed by atoms with Crippen LogP contribution in [0.4, 0.5) is 0 Å². The van der Waals surface area contributed by atoms with E-state index in [0.29, 0.717) is 6.42 Å². The normalized spacial score (nSPS) is 15.8. The fraction of sp³-hybridized carbons (Fsp3) is 0.533. The summed E-state index contributed by atoms with van der Waals surface area (Å²) in [6.07, 6.45) is 0.431. The Morgan fingerprint density at radius 3 is 2.44 bits per heavy atom. The van der Waals surface area contributed by atoms with E-state index in [4.69, 9.17) is 0 Å². The van der Waals surface area contributed by atoms with E-state index in [0.717, 1.165) is 0 Å². The third-order valence-electron chi connectivity index (χ3n) is 3.34. The third-order valence-corrected chi connectivity index (χ3v) is 3.34. The Labute approximate surface area is 109 Å². The smallest absolute Gasteiger partial charge is 0.305 e. The van der Waals surface area contributed by atoms with Crippen molar-refractivity contribution in [2.75, 3.05) is 7.11 Å². The Balaban J connectivity index is 2.49. The first-order chi connectivity index (χ1) is 8.54. The van der Waals surface area contributed by atoms with E-state index >= 15 is 0 Å². The molecule has 3 atom stereocenters. The molecule has 0 heterocycles. The second-order valence-electron chi connectivity index (χ2n) is 4.87. The topological polar surface area (TPSA) is 46.5 Å². The number of hydrogen-bond acceptors (Lipinski definition) is 3. The highest BCUT2D eigenvalue weighted by Crippen LogP contribution is 2.24. The predicted molar refractivity (Wildman–Crippen MR) is 71.3 cm³/mol. The summed E-state index contributed by atoms with van der Waals surface area (Å²) in [6.45, 7) is 3.96. The summed E-state index contributed by atoms with van der Waals surface area (Å²) in [7, 11) is 1.37. The molecule has 0 saturated heterocycles. The summed E-state index contributed by atoms with van der Waals surface area (Å²) in [6, 6.07) is 10.1. The van der Waals surface area contributed by atoms with Crippen molar-refractivity contribution in [1.29, 1.82) is 0 Å². The van der Waals surface area contributed by atoms with Gasteiger partial charge in [0.1, 0.15) is 0 Å². The molecule has 1 N–H and O–H groups in total. The Hall–Kier alpha value is -1.35. The number of ether oxygens (including phenoxy) is 1. The first-order valence-electron chi connectivity index (χ1n) is 6.34. The van der Waals surface area contributed by atoms with Gasteiger partial charge in [-0.2, -0.15) is 0 Å². The molecule has 0 bridgehead atoms. The average molecular weight is 250 g/mol. The number of aliphatic hydroxyl groups excluding tert-OH is 1. The van der Waals surface area contributed by atoms with Crippen LogP contribution in [0.5, 0.6) is 0 Å². The molecule has 100 valence electrons. The van der Waals surface area contributed by atoms with Gasteiger partial charge in [0, 0.05) is 0 Å². The molecule has 0 amide bonds. The van der Waals surface area contributed by atoms with E-state index in [-0.39, 0.29) is 24.2 Å². The highest BCUT2D eigenvalue weighted by atomic mass is 16.5. The van der Waals surface area contributed by atoms with Crippen LogP contribution in [0.15, 0.2) is 30.3 Å². The standard InChI is InChI=1S/C15H22O3/c1-11(13-7-5-4-6-8-13)9-14(16)12(2)10-15(17)18-3/h4-8,11-12,14,16H,9-10H2,1-3H3. The molecule has 0 aromatic heterocycles. The second-order valence-corrected chi connectivity index (χ2v) is 4.87. The number of aliphatic hydroxyl groups is 1. The van der Waals surface area contributed by atoms with E-state index in [1.807, 2.05) is 25.1 Å². The zero-order chi connectivity index (χ0) is 13.5. The van der Waals surface area contributed by atoms with Crippen molar-refractivity contribution >= 4 is 5.97 Å². The minimum absolute atomic E-state index is 0.0800. The lowest BCUT2D eigenvalue weighted by molar-refractivity contribution is -0.142. The van der Waals surface area contributed by atoms with Crippen molar-refractivity contribution in [3.63, 3.8) is 0 Å². The monoisotopic (exact) mass is 250 g/mol. The van der Waals surface area contributed by atoms with E-state index in [9.17, 15) is 9.90 Å². The number of esters is 1. The van der Waals surface area contributed by atoms with Crippen molar-refractivity contribution < 1.29 is 14.6 Å². The lowest BCUT2D eigenvalue weighted by Gasteiger charge is -2.21. The van der Waals surface area contributed by atoms with Crippen LogP contribution in [0, 0.1) is 5.92 Å².